The van der Waals surface area contributed by atoms with Crippen molar-refractivity contribution < 1.29 is 36.6 Å². The molecule has 0 spiro atoms. The fourth-order valence-corrected chi connectivity index (χ4v) is 3.26. The van der Waals surface area contributed by atoms with Crippen molar-refractivity contribution >= 4 is 28.3 Å². The van der Waals surface area contributed by atoms with Crippen LogP contribution in [-0.4, -0.2) is 36.3 Å². The van der Waals surface area contributed by atoms with Crippen LogP contribution in [0.1, 0.15) is 5.56 Å². The summed E-state index contributed by atoms with van der Waals surface area (Å²) in [5, 5.41) is 5.38. The SMILES string of the molecule is COCCOc1ccc2c(Oc3ccc(NC(=O)Nc4ccc(F)c(C(F)(F)F)c4)cc3)ncnc2c1. The quantitative estimate of drug-likeness (QED) is 0.212. The third-order valence-corrected chi connectivity index (χ3v) is 4.98. The number of benzene rings is 3. The molecule has 0 saturated heterocycles. The minimum Gasteiger partial charge on any atom is -0.491 e. The lowest BCUT2D eigenvalue weighted by Gasteiger charge is -2.12. The number of urea groups is 1. The molecule has 37 heavy (non-hydrogen) atoms. The second-order valence-electron chi connectivity index (χ2n) is 7.60. The maximum absolute atomic E-state index is 13.4. The van der Waals surface area contributed by atoms with Gasteiger partial charge in [-0.1, -0.05) is 0 Å². The van der Waals surface area contributed by atoms with Gasteiger partial charge in [-0.05, 0) is 54.6 Å². The molecule has 4 aromatic rings. The van der Waals surface area contributed by atoms with Crippen LogP contribution in [0.5, 0.6) is 17.4 Å². The van der Waals surface area contributed by atoms with Gasteiger partial charge in [0.05, 0.1) is 23.1 Å². The van der Waals surface area contributed by atoms with Crippen molar-refractivity contribution in [3.05, 3.63) is 78.4 Å². The van der Waals surface area contributed by atoms with Crippen molar-refractivity contribution in [2.45, 2.75) is 6.18 Å². The highest BCUT2D eigenvalue weighted by Gasteiger charge is 2.34. The first-order valence-electron chi connectivity index (χ1n) is 10.8. The number of ether oxygens (including phenoxy) is 3. The summed E-state index contributed by atoms with van der Waals surface area (Å²) in [6.07, 6.45) is -3.53. The number of carbonyl (C=O) groups excluding carboxylic acids is 1. The molecule has 0 aliphatic rings. The van der Waals surface area contributed by atoms with Crippen LogP contribution in [0.2, 0.25) is 0 Å². The molecule has 0 unspecified atom stereocenters. The summed E-state index contributed by atoms with van der Waals surface area (Å²) in [5.74, 6) is -0.0806. The first-order valence-corrected chi connectivity index (χ1v) is 10.8. The summed E-state index contributed by atoms with van der Waals surface area (Å²) < 4.78 is 68.5. The number of carbonyl (C=O) groups is 1. The molecule has 0 aliphatic carbocycles. The van der Waals surface area contributed by atoms with Crippen LogP contribution >= 0.6 is 0 Å². The standard InChI is InChI=1S/C25H20F4N4O4/c1-35-10-11-36-18-7-8-19-22(13-18)30-14-31-23(19)37-17-5-2-15(3-6-17)32-24(34)33-16-4-9-21(26)20(12-16)25(27,28)29/h2-9,12-14H,10-11H2,1H3,(H2,32,33,34). The summed E-state index contributed by atoms with van der Waals surface area (Å²) in [5.41, 5.74) is -0.731. The number of methoxy groups -OCH3 is 1. The molecular formula is C25H20F4N4O4. The molecule has 0 radical (unpaired) electrons. The zero-order valence-electron chi connectivity index (χ0n) is 19.3. The van der Waals surface area contributed by atoms with E-state index in [1.165, 1.54) is 18.5 Å². The van der Waals surface area contributed by atoms with Crippen molar-refractivity contribution in [3.63, 3.8) is 0 Å². The van der Waals surface area contributed by atoms with Crippen molar-refractivity contribution in [2.75, 3.05) is 31.0 Å². The molecule has 12 heteroatoms. The number of hydrogen-bond acceptors (Lipinski definition) is 6. The molecule has 1 heterocycles. The van der Waals surface area contributed by atoms with E-state index in [0.717, 1.165) is 6.07 Å². The highest BCUT2D eigenvalue weighted by molar-refractivity contribution is 5.99. The van der Waals surface area contributed by atoms with Crippen molar-refractivity contribution in [1.29, 1.82) is 0 Å². The number of halogens is 4. The molecule has 2 amide bonds. The van der Waals surface area contributed by atoms with Crippen LogP contribution in [0.4, 0.5) is 33.7 Å². The maximum Gasteiger partial charge on any atom is 0.419 e. The van der Waals surface area contributed by atoms with E-state index in [2.05, 4.69) is 20.6 Å². The summed E-state index contributed by atoms with van der Waals surface area (Å²) in [6.45, 7) is 0.848. The number of alkyl halides is 3. The Labute approximate surface area is 208 Å². The number of aromatic nitrogens is 2. The second kappa shape index (κ2) is 11.1. The van der Waals surface area contributed by atoms with Crippen molar-refractivity contribution in [3.8, 4) is 17.4 Å². The summed E-state index contributed by atoms with van der Waals surface area (Å²) in [4.78, 5) is 20.6. The number of rotatable bonds is 8. The van der Waals surface area contributed by atoms with E-state index >= 15 is 0 Å². The summed E-state index contributed by atoms with van der Waals surface area (Å²) >= 11 is 0. The molecular weight excluding hydrogens is 496 g/mol. The molecule has 192 valence electrons. The maximum atomic E-state index is 13.4. The van der Waals surface area contributed by atoms with Gasteiger partial charge in [-0.25, -0.2) is 19.2 Å². The molecule has 0 bridgehead atoms. The zero-order chi connectivity index (χ0) is 26.4. The third kappa shape index (κ3) is 6.61. The highest BCUT2D eigenvalue weighted by atomic mass is 19.4. The van der Waals surface area contributed by atoms with Crippen LogP contribution < -0.4 is 20.1 Å². The lowest BCUT2D eigenvalue weighted by Crippen LogP contribution is -2.20. The molecule has 1 aromatic heterocycles. The van der Waals surface area contributed by atoms with Gasteiger partial charge in [-0.2, -0.15) is 13.2 Å². The van der Waals surface area contributed by atoms with Crippen LogP contribution in [0.15, 0.2) is 67.0 Å². The normalized spacial score (nSPS) is 11.3. The molecule has 2 N–H and O–H groups in total. The summed E-state index contributed by atoms with van der Waals surface area (Å²) in [7, 11) is 1.59. The van der Waals surface area contributed by atoms with Gasteiger partial charge in [0.25, 0.3) is 0 Å². The lowest BCUT2D eigenvalue weighted by molar-refractivity contribution is -0.139. The van der Waals surface area contributed by atoms with Crippen molar-refractivity contribution in [2.24, 2.45) is 0 Å². The average molecular weight is 516 g/mol. The Bertz CT molecular complexity index is 1400. The van der Waals surface area contributed by atoms with Crippen molar-refractivity contribution in [1.82, 2.24) is 9.97 Å². The predicted molar refractivity (Wildman–Crippen MR) is 127 cm³/mol. The number of anilines is 2. The van der Waals surface area contributed by atoms with Gasteiger partial charge in [-0.15, -0.1) is 0 Å². The highest BCUT2D eigenvalue weighted by Crippen LogP contribution is 2.33. The first kappa shape index (κ1) is 25.6. The van der Waals surface area contributed by atoms with Gasteiger partial charge in [0.2, 0.25) is 5.88 Å². The van der Waals surface area contributed by atoms with E-state index in [-0.39, 0.29) is 5.69 Å². The third-order valence-electron chi connectivity index (χ3n) is 4.98. The number of nitrogens with one attached hydrogen (secondary N) is 2. The molecule has 0 fully saturated rings. The fourth-order valence-electron chi connectivity index (χ4n) is 3.26. The number of fused-ring (bicyclic) bond motifs is 1. The van der Waals surface area contributed by atoms with E-state index in [1.54, 1.807) is 37.4 Å². The van der Waals surface area contributed by atoms with E-state index < -0.39 is 23.6 Å². The largest absolute Gasteiger partial charge is 0.491 e. The molecule has 3 aromatic carbocycles. The van der Waals surface area contributed by atoms with E-state index in [9.17, 15) is 22.4 Å². The Kier molecular flexibility index (Phi) is 7.68. The van der Waals surface area contributed by atoms with Gasteiger partial charge < -0.3 is 24.8 Å². The smallest absolute Gasteiger partial charge is 0.419 e. The number of amides is 2. The Morgan fingerprint density at radius 2 is 1.59 bits per heavy atom. The minimum atomic E-state index is -4.89. The molecule has 0 atom stereocenters. The zero-order valence-corrected chi connectivity index (χ0v) is 19.3. The second-order valence-corrected chi connectivity index (χ2v) is 7.60. The number of hydrogen-bond donors (Lipinski definition) is 2. The average Bonchev–Trinajstić information content (AvgIpc) is 2.86. The van der Waals surface area contributed by atoms with E-state index in [0.29, 0.717) is 59.3 Å². The van der Waals surface area contributed by atoms with Gasteiger partial charge in [0.1, 0.15) is 30.3 Å². The predicted octanol–water partition coefficient (Wildman–Crippen LogP) is 6.25. The van der Waals surface area contributed by atoms with Gasteiger partial charge in [0.15, 0.2) is 0 Å². The molecule has 0 saturated carbocycles. The van der Waals surface area contributed by atoms with Crippen LogP contribution in [0, 0.1) is 5.82 Å². The van der Waals surface area contributed by atoms with E-state index in [4.69, 9.17) is 14.2 Å². The van der Waals surface area contributed by atoms with Crippen LogP contribution in [0.3, 0.4) is 0 Å². The number of nitrogens with zero attached hydrogens (tertiary/aromatic N) is 2. The Hall–Kier alpha value is -4.45. The topological polar surface area (TPSA) is 94.6 Å². The van der Waals surface area contributed by atoms with E-state index in [1.807, 2.05) is 0 Å². The Balaban J connectivity index is 1.40. The lowest BCUT2D eigenvalue weighted by atomic mass is 10.2. The van der Waals surface area contributed by atoms with Gasteiger partial charge >= 0.3 is 12.2 Å². The molecule has 4 rings (SSSR count). The molecule has 0 aliphatic heterocycles. The Morgan fingerprint density at radius 3 is 2.32 bits per heavy atom. The first-order chi connectivity index (χ1) is 17.7. The van der Waals surface area contributed by atoms with Crippen LogP contribution in [0.25, 0.3) is 10.9 Å². The molecule has 8 nitrogen and oxygen atoms in total. The van der Waals surface area contributed by atoms with Gasteiger partial charge in [-0.3, -0.25) is 0 Å². The monoisotopic (exact) mass is 516 g/mol. The Morgan fingerprint density at radius 1 is 0.892 bits per heavy atom. The minimum absolute atomic E-state index is 0.214. The fraction of sp³-hybridized carbons (Fsp3) is 0.160. The summed E-state index contributed by atoms with van der Waals surface area (Å²) in [6, 6.07) is 12.9. The van der Waals surface area contributed by atoms with Crippen LogP contribution in [-0.2, 0) is 10.9 Å². The van der Waals surface area contributed by atoms with Gasteiger partial charge in [0, 0.05) is 24.6 Å².